The van der Waals surface area contributed by atoms with Gasteiger partial charge in [-0.05, 0) is 50.5 Å². The molecule has 0 spiro atoms. The Bertz CT molecular complexity index is 532. The molecule has 0 atom stereocenters. The van der Waals surface area contributed by atoms with Crippen LogP contribution < -0.4 is 12.4 Å². The van der Waals surface area contributed by atoms with Crippen LogP contribution in [0.2, 0.25) is 0 Å². The van der Waals surface area contributed by atoms with Crippen molar-refractivity contribution < 1.29 is 29.5 Å². The second kappa shape index (κ2) is 9.52. The van der Waals surface area contributed by atoms with Crippen LogP contribution in [0.5, 0.6) is 0 Å². The summed E-state index contributed by atoms with van der Waals surface area (Å²) in [4.78, 5) is 10.3. The van der Waals surface area contributed by atoms with Gasteiger partial charge in [-0.1, -0.05) is 0 Å². The van der Waals surface area contributed by atoms with E-state index < -0.39 is 0 Å². The monoisotopic (exact) mass is 400 g/mol. The van der Waals surface area contributed by atoms with Crippen molar-refractivity contribution >= 4 is 23.5 Å². The number of nitrogens with zero attached hydrogens (tertiary/aromatic N) is 5. The number of amidine groups is 1. The Labute approximate surface area is 159 Å². The third-order valence-corrected chi connectivity index (χ3v) is 4.77. The van der Waals surface area contributed by atoms with Gasteiger partial charge in [0.2, 0.25) is 0 Å². The molecule has 2 bridgehead atoms. The molecule has 1 radical (unpaired) electrons. The zero-order valence-corrected chi connectivity index (χ0v) is 15.5. The minimum atomic E-state index is 0. The molecule has 3 fully saturated rings. The molecule has 2 saturated heterocycles. The Morgan fingerprint density at radius 1 is 1.17 bits per heavy atom. The summed E-state index contributed by atoms with van der Waals surface area (Å²) in [6, 6.07) is 1.82. The molecule has 3 heterocycles. The van der Waals surface area contributed by atoms with Crippen LogP contribution >= 0.6 is 0 Å². The summed E-state index contributed by atoms with van der Waals surface area (Å²) >= 11 is 5.46. The third-order valence-electron chi connectivity index (χ3n) is 4.43. The van der Waals surface area contributed by atoms with Crippen molar-refractivity contribution in [3.8, 4) is 0 Å². The first-order valence-corrected chi connectivity index (χ1v) is 7.94. The average molecular weight is 401 g/mol. The molecule has 4 rings (SSSR count). The number of halogens is 1. The fourth-order valence-corrected chi connectivity index (χ4v) is 3.38. The summed E-state index contributed by atoms with van der Waals surface area (Å²) in [5, 5.41) is 9.10. The first kappa shape index (κ1) is 20.3. The number of rotatable bonds is 2. The first-order valence-electron chi connectivity index (χ1n) is 7.53. The van der Waals surface area contributed by atoms with Gasteiger partial charge in [-0.15, -0.1) is 0 Å². The molecule has 1 saturated carbocycles. The molecular weight excluding hydrogens is 381 g/mol. The van der Waals surface area contributed by atoms with Crippen molar-refractivity contribution in [1.29, 1.82) is 0 Å². The molecule has 0 amide bonds. The fraction of sp³-hybridized carbons (Fsp3) is 0.600. The molecule has 129 valence electrons. The van der Waals surface area contributed by atoms with Crippen LogP contribution in [0.25, 0.3) is 0 Å². The Hall–Kier alpha value is -0.751. The van der Waals surface area contributed by atoms with Crippen molar-refractivity contribution in [2.75, 3.05) is 13.1 Å². The summed E-state index contributed by atoms with van der Waals surface area (Å²) in [6.07, 6.45) is 8.57. The normalized spacial score (nSPS) is 24.5. The number of fused-ring (bicyclic) bond motifs is 4. The molecule has 3 aliphatic rings. The van der Waals surface area contributed by atoms with Crippen LogP contribution in [0.1, 0.15) is 38.3 Å². The van der Waals surface area contributed by atoms with E-state index in [0.29, 0.717) is 5.17 Å². The van der Waals surface area contributed by atoms with Crippen molar-refractivity contribution in [1.82, 2.24) is 14.9 Å². The van der Waals surface area contributed by atoms with E-state index in [0.717, 1.165) is 36.3 Å². The van der Waals surface area contributed by atoms with E-state index in [2.05, 4.69) is 25.1 Å². The Morgan fingerprint density at radius 2 is 1.78 bits per heavy atom. The van der Waals surface area contributed by atoms with E-state index in [1.54, 1.807) is 6.20 Å². The van der Waals surface area contributed by atoms with Gasteiger partial charge >= 0.3 is 17.1 Å². The maximum atomic E-state index is 5.46. The summed E-state index contributed by atoms with van der Waals surface area (Å²) in [6.45, 7) is 3.97. The van der Waals surface area contributed by atoms with E-state index in [1.165, 1.54) is 32.0 Å². The zero-order valence-electron chi connectivity index (χ0n) is 13.0. The largest absolute Gasteiger partial charge is 2.00 e. The van der Waals surface area contributed by atoms with E-state index in [4.69, 9.17) is 12.6 Å². The Kier molecular flexibility index (Phi) is 8.40. The van der Waals surface area contributed by atoms with Crippen LogP contribution in [0, 0.1) is 11.8 Å². The summed E-state index contributed by atoms with van der Waals surface area (Å²) in [7, 11) is 0. The Morgan fingerprint density at radius 3 is 2.30 bits per heavy atom. The number of hydrogen-bond acceptors (Lipinski definition) is 5. The van der Waals surface area contributed by atoms with Crippen molar-refractivity contribution in [3.63, 3.8) is 0 Å². The number of aromatic nitrogens is 2. The van der Waals surface area contributed by atoms with E-state index in [9.17, 15) is 0 Å². The second-order valence-corrected chi connectivity index (χ2v) is 6.32. The van der Waals surface area contributed by atoms with Gasteiger partial charge in [0.1, 0.15) is 6.33 Å². The summed E-state index contributed by atoms with van der Waals surface area (Å²) < 4.78 is 0. The molecule has 5 nitrogen and oxygen atoms in total. The minimum Gasteiger partial charge on any atom is -1.00 e. The number of hydrogen-bond donors (Lipinski definition) is 0. The predicted octanol–water partition coefficient (Wildman–Crippen LogP) is -0.773. The van der Waals surface area contributed by atoms with Gasteiger partial charge in [0.25, 0.3) is 0 Å². The standard InChI is InChI=1S/C15H21N5S.ClH.Cu/c1-11(14-6-7-16-10-17-14)18-19-15(21)20-8-12-2-3-13(9-20)5-4-12;;/h6-7,10,12-13H,2-5,8-9H2,1H3,(H,19,21);1H;/q;;+2/p-2/b18-11+;;. The van der Waals surface area contributed by atoms with Gasteiger partial charge in [-0.3, -0.25) is 0 Å². The SMILES string of the molecule is C/C(=N\N=C(/[S-])N1CC2CCC(CC2)C1)c1ccncn1.[Cl-].[Cu+2]. The molecule has 0 N–H and O–H groups in total. The molecule has 1 aromatic rings. The van der Waals surface area contributed by atoms with E-state index in [-0.39, 0.29) is 29.5 Å². The van der Waals surface area contributed by atoms with Gasteiger partial charge < -0.3 is 29.9 Å². The molecule has 0 unspecified atom stereocenters. The van der Waals surface area contributed by atoms with Crippen LogP contribution in [0.15, 0.2) is 28.8 Å². The fourth-order valence-electron chi connectivity index (χ4n) is 3.19. The van der Waals surface area contributed by atoms with E-state index >= 15 is 0 Å². The zero-order chi connectivity index (χ0) is 14.7. The van der Waals surface area contributed by atoms with E-state index in [1.807, 2.05) is 13.0 Å². The van der Waals surface area contributed by atoms with Crippen LogP contribution in [0.3, 0.4) is 0 Å². The molecule has 2 aliphatic heterocycles. The van der Waals surface area contributed by atoms with Crippen molar-refractivity contribution in [2.24, 2.45) is 22.0 Å². The molecule has 0 aromatic carbocycles. The molecule has 23 heavy (non-hydrogen) atoms. The molecule has 1 aromatic heterocycles. The minimum absolute atomic E-state index is 0. The van der Waals surface area contributed by atoms with Crippen LogP contribution in [0.4, 0.5) is 0 Å². The smallest absolute Gasteiger partial charge is 1.00 e. The molecule has 8 heteroatoms. The summed E-state index contributed by atoms with van der Waals surface area (Å²) in [5.41, 5.74) is 1.55. The summed E-state index contributed by atoms with van der Waals surface area (Å²) in [5.74, 6) is 1.56. The van der Waals surface area contributed by atoms with Gasteiger partial charge in [0.15, 0.2) is 0 Å². The van der Waals surface area contributed by atoms with Gasteiger partial charge in [0.05, 0.1) is 11.4 Å². The quantitative estimate of drug-likeness (QED) is 0.215. The maximum Gasteiger partial charge on any atom is 2.00 e. The van der Waals surface area contributed by atoms with Crippen LogP contribution in [-0.2, 0) is 29.7 Å². The third kappa shape index (κ3) is 5.38. The van der Waals surface area contributed by atoms with Gasteiger partial charge in [-0.2, -0.15) is 10.2 Å². The van der Waals surface area contributed by atoms with Crippen molar-refractivity contribution in [3.05, 3.63) is 24.3 Å². The average Bonchev–Trinajstić information content (AvgIpc) is 2.87. The predicted molar refractivity (Wildman–Crippen MR) is 86.1 cm³/mol. The van der Waals surface area contributed by atoms with Crippen LogP contribution in [-0.4, -0.2) is 38.8 Å². The Balaban J connectivity index is 0.00000132. The van der Waals surface area contributed by atoms with Gasteiger partial charge in [-0.25, -0.2) is 9.97 Å². The topological polar surface area (TPSA) is 53.7 Å². The first-order chi connectivity index (χ1) is 10.2. The molecule has 1 aliphatic carbocycles. The van der Waals surface area contributed by atoms with Gasteiger partial charge in [0, 0.05) is 24.5 Å². The maximum absolute atomic E-state index is 5.46. The second-order valence-electron chi connectivity index (χ2n) is 5.95. The van der Waals surface area contributed by atoms with Crippen molar-refractivity contribution in [2.45, 2.75) is 32.6 Å². The molecular formula is C15H20ClCuN5S.